The first-order chi connectivity index (χ1) is 14.9. The van der Waals surface area contributed by atoms with Crippen molar-refractivity contribution in [1.29, 1.82) is 0 Å². The average molecular weight is 456 g/mol. The monoisotopic (exact) mass is 455 g/mol. The van der Waals surface area contributed by atoms with E-state index in [1.54, 1.807) is 47.1 Å². The Hall–Kier alpha value is -3.13. The average Bonchev–Trinajstić information content (AvgIpc) is 3.13. The van der Waals surface area contributed by atoms with E-state index in [-0.39, 0.29) is 18.4 Å². The largest absolute Gasteiger partial charge is 0.388 e. The molecule has 0 bridgehead atoms. The van der Waals surface area contributed by atoms with E-state index in [0.29, 0.717) is 27.7 Å². The summed E-state index contributed by atoms with van der Waals surface area (Å²) in [4.78, 5) is 16.8. The number of benzene rings is 2. The molecule has 9 heteroatoms. The summed E-state index contributed by atoms with van der Waals surface area (Å²) in [6, 6.07) is 15.9. The molecule has 0 aliphatic rings. The Balaban J connectivity index is 1.45. The lowest BCUT2D eigenvalue weighted by atomic mass is 10.0. The molecule has 7 nitrogen and oxygen atoms in total. The van der Waals surface area contributed by atoms with Crippen LogP contribution in [0.1, 0.15) is 28.4 Å². The number of aliphatic hydroxyl groups is 1. The van der Waals surface area contributed by atoms with Crippen LogP contribution in [0.25, 0.3) is 16.8 Å². The molecule has 0 aliphatic heterocycles. The molecule has 4 aromatic rings. The second kappa shape index (κ2) is 8.93. The molecule has 0 unspecified atom stereocenters. The van der Waals surface area contributed by atoms with Gasteiger partial charge in [0.2, 0.25) is 5.95 Å². The number of anilines is 1. The fourth-order valence-electron chi connectivity index (χ4n) is 3.23. The maximum Gasteiger partial charge on any atom is 0.252 e. The molecule has 2 aromatic carbocycles. The minimum atomic E-state index is -0.707. The highest BCUT2D eigenvalue weighted by Gasteiger charge is 2.14. The highest BCUT2D eigenvalue weighted by atomic mass is 35.5. The zero-order valence-electron chi connectivity index (χ0n) is 16.3. The third-order valence-electron chi connectivity index (χ3n) is 4.86. The summed E-state index contributed by atoms with van der Waals surface area (Å²) in [6.45, 7) is 0.286. The number of nitrogens with one attached hydrogen (secondary N) is 1. The molecule has 0 aliphatic carbocycles. The van der Waals surface area contributed by atoms with Gasteiger partial charge in [-0.1, -0.05) is 41.4 Å². The molecule has 0 saturated heterocycles. The van der Waals surface area contributed by atoms with Gasteiger partial charge in [-0.25, -0.2) is 4.52 Å². The normalized spacial score (nSPS) is 12.1. The summed E-state index contributed by atoms with van der Waals surface area (Å²) >= 11 is 12.1. The summed E-state index contributed by atoms with van der Waals surface area (Å²) in [5.74, 6) is -0.128. The number of halogens is 2. The molecule has 2 heterocycles. The van der Waals surface area contributed by atoms with Crippen molar-refractivity contribution >= 4 is 40.7 Å². The maximum absolute atomic E-state index is 12.7. The Morgan fingerprint density at radius 2 is 1.84 bits per heavy atom. The number of carbonyl (C=O) groups excluding carboxylic acids is 1. The molecule has 2 aromatic heterocycles. The lowest BCUT2D eigenvalue weighted by Gasteiger charge is -2.13. The second-order valence-corrected chi connectivity index (χ2v) is 7.84. The van der Waals surface area contributed by atoms with Crippen LogP contribution in [0.3, 0.4) is 0 Å². The fraction of sp³-hybridized carbons (Fsp3) is 0.136. The van der Waals surface area contributed by atoms with E-state index in [1.165, 1.54) is 0 Å². The van der Waals surface area contributed by atoms with Crippen LogP contribution in [-0.4, -0.2) is 32.2 Å². The van der Waals surface area contributed by atoms with Gasteiger partial charge in [-0.15, -0.1) is 5.10 Å². The quantitative estimate of drug-likeness (QED) is 0.405. The lowest BCUT2D eigenvalue weighted by molar-refractivity contribution is 0.0943. The van der Waals surface area contributed by atoms with Crippen LogP contribution in [0.5, 0.6) is 0 Å². The highest BCUT2D eigenvalue weighted by molar-refractivity contribution is 6.34. The number of aromatic nitrogens is 3. The minimum Gasteiger partial charge on any atom is -0.388 e. The van der Waals surface area contributed by atoms with Crippen LogP contribution in [0.15, 0.2) is 60.8 Å². The molecule has 31 heavy (non-hydrogen) atoms. The molecule has 4 rings (SSSR count). The van der Waals surface area contributed by atoms with Crippen molar-refractivity contribution in [3.8, 4) is 11.1 Å². The number of pyridine rings is 1. The van der Waals surface area contributed by atoms with Gasteiger partial charge in [0.05, 0.1) is 16.7 Å². The summed E-state index contributed by atoms with van der Waals surface area (Å²) in [7, 11) is 0. The van der Waals surface area contributed by atoms with Gasteiger partial charge < -0.3 is 16.2 Å². The smallest absolute Gasteiger partial charge is 0.252 e. The predicted molar refractivity (Wildman–Crippen MR) is 121 cm³/mol. The van der Waals surface area contributed by atoms with Gasteiger partial charge in [0, 0.05) is 17.8 Å². The van der Waals surface area contributed by atoms with E-state index in [4.69, 9.17) is 28.9 Å². The summed E-state index contributed by atoms with van der Waals surface area (Å²) in [5, 5.41) is 18.1. The van der Waals surface area contributed by atoms with E-state index >= 15 is 0 Å². The van der Waals surface area contributed by atoms with Gasteiger partial charge in [-0.2, -0.15) is 4.98 Å². The van der Waals surface area contributed by atoms with Crippen molar-refractivity contribution < 1.29 is 9.90 Å². The van der Waals surface area contributed by atoms with Gasteiger partial charge in [-0.05, 0) is 59.5 Å². The van der Waals surface area contributed by atoms with Gasteiger partial charge in [0.1, 0.15) is 0 Å². The van der Waals surface area contributed by atoms with Crippen molar-refractivity contribution in [1.82, 2.24) is 19.9 Å². The Morgan fingerprint density at radius 3 is 2.61 bits per heavy atom. The van der Waals surface area contributed by atoms with E-state index in [9.17, 15) is 9.90 Å². The van der Waals surface area contributed by atoms with E-state index < -0.39 is 6.10 Å². The van der Waals surface area contributed by atoms with Crippen LogP contribution in [-0.2, 0) is 0 Å². The Kier molecular flexibility index (Phi) is 6.08. The van der Waals surface area contributed by atoms with Crippen molar-refractivity contribution in [3.63, 3.8) is 0 Å². The predicted octanol–water partition coefficient (Wildman–Crippen LogP) is 4.14. The van der Waals surface area contributed by atoms with Crippen LogP contribution < -0.4 is 11.1 Å². The number of hydrogen-bond donors (Lipinski definition) is 3. The Bertz CT molecular complexity index is 1240. The number of nitrogens with zero attached hydrogens (tertiary/aromatic N) is 3. The van der Waals surface area contributed by atoms with Crippen molar-refractivity contribution in [3.05, 3.63) is 82.0 Å². The zero-order chi connectivity index (χ0) is 22.0. The van der Waals surface area contributed by atoms with Crippen LogP contribution in [0, 0.1) is 0 Å². The number of nitrogens with two attached hydrogens (primary N) is 1. The first-order valence-electron chi connectivity index (χ1n) is 9.54. The molecule has 0 radical (unpaired) electrons. The Labute approximate surface area is 188 Å². The first kappa shape index (κ1) is 21.1. The van der Waals surface area contributed by atoms with Gasteiger partial charge >= 0.3 is 0 Å². The third kappa shape index (κ3) is 4.80. The molecule has 0 saturated carbocycles. The van der Waals surface area contributed by atoms with Crippen LogP contribution in [0.2, 0.25) is 10.0 Å². The number of carbonyl (C=O) groups is 1. The molecular formula is C22H19Cl2N5O2. The van der Waals surface area contributed by atoms with Gasteiger partial charge in [-0.3, -0.25) is 4.79 Å². The fourth-order valence-corrected chi connectivity index (χ4v) is 3.56. The number of hydrogen-bond acceptors (Lipinski definition) is 5. The number of aliphatic hydroxyl groups excluding tert-OH is 1. The SMILES string of the molecule is Nc1nc2cc(-c3ccc(Cl)c(C(=O)NCC[C@H](O)c4ccc(Cl)cc4)c3)ccn2n1. The molecule has 158 valence electrons. The highest BCUT2D eigenvalue weighted by Crippen LogP contribution is 2.26. The van der Waals surface area contributed by atoms with Crippen molar-refractivity contribution in [2.45, 2.75) is 12.5 Å². The standard InChI is InChI=1S/C22H19Cl2N5O2/c23-16-4-1-13(2-5-16)19(30)7-9-26-21(31)17-11-14(3-6-18(17)24)15-8-10-29-20(12-15)27-22(25)28-29/h1-6,8,10-12,19,30H,7,9H2,(H2,25,28)(H,26,31)/t19-/m0/s1. The Morgan fingerprint density at radius 1 is 1.10 bits per heavy atom. The number of amides is 1. The van der Waals surface area contributed by atoms with Crippen molar-refractivity contribution in [2.24, 2.45) is 0 Å². The van der Waals surface area contributed by atoms with Crippen molar-refractivity contribution in [2.75, 3.05) is 12.3 Å². The number of fused-ring (bicyclic) bond motifs is 1. The molecule has 4 N–H and O–H groups in total. The first-order valence-corrected chi connectivity index (χ1v) is 10.3. The molecule has 1 amide bonds. The molecule has 0 fully saturated rings. The minimum absolute atomic E-state index is 0.189. The molecule has 0 spiro atoms. The van der Waals surface area contributed by atoms with Gasteiger partial charge in [0.15, 0.2) is 5.65 Å². The van der Waals surface area contributed by atoms with Crippen LogP contribution in [0.4, 0.5) is 5.95 Å². The lowest BCUT2D eigenvalue weighted by Crippen LogP contribution is -2.26. The number of rotatable bonds is 6. The third-order valence-corrected chi connectivity index (χ3v) is 5.44. The topological polar surface area (TPSA) is 106 Å². The van der Waals surface area contributed by atoms with E-state index in [0.717, 1.165) is 16.7 Å². The second-order valence-electron chi connectivity index (χ2n) is 6.99. The number of nitrogen functional groups attached to an aromatic ring is 1. The zero-order valence-corrected chi connectivity index (χ0v) is 17.8. The van der Waals surface area contributed by atoms with E-state index in [1.807, 2.05) is 18.2 Å². The molecule has 1 atom stereocenters. The summed E-state index contributed by atoms with van der Waals surface area (Å²) in [6.07, 6.45) is 1.40. The van der Waals surface area contributed by atoms with Crippen LogP contribution >= 0.6 is 23.2 Å². The molecular weight excluding hydrogens is 437 g/mol. The maximum atomic E-state index is 12.7. The van der Waals surface area contributed by atoms with Gasteiger partial charge in [0.25, 0.3) is 5.91 Å². The van der Waals surface area contributed by atoms with E-state index in [2.05, 4.69) is 15.4 Å². The summed E-state index contributed by atoms with van der Waals surface area (Å²) in [5.41, 5.74) is 8.98. The summed E-state index contributed by atoms with van der Waals surface area (Å²) < 4.78 is 1.58.